The Balaban J connectivity index is 2.26. The molecule has 1 aromatic rings. The van der Waals surface area contributed by atoms with Crippen LogP contribution in [0.3, 0.4) is 0 Å². The number of hydrogen-bond acceptors (Lipinski definition) is 3. The zero-order valence-corrected chi connectivity index (χ0v) is 13.6. The van der Waals surface area contributed by atoms with Crippen molar-refractivity contribution in [3.05, 3.63) is 28.2 Å². The van der Waals surface area contributed by atoms with Crippen molar-refractivity contribution in [2.75, 3.05) is 31.4 Å². The molecule has 20 heavy (non-hydrogen) atoms. The van der Waals surface area contributed by atoms with Crippen molar-refractivity contribution >= 4 is 53.9 Å². The number of thiocarbonyl (C=S) groups is 1. The van der Waals surface area contributed by atoms with Crippen LogP contribution < -0.4 is 5.09 Å². The molecule has 1 heterocycles. The van der Waals surface area contributed by atoms with Crippen LogP contribution in [0.1, 0.15) is 0 Å². The third-order valence-corrected chi connectivity index (χ3v) is 5.79. The van der Waals surface area contributed by atoms with Gasteiger partial charge in [0.05, 0.1) is 28.4 Å². The predicted molar refractivity (Wildman–Crippen MR) is 85.1 cm³/mol. The van der Waals surface area contributed by atoms with Gasteiger partial charge in [-0.1, -0.05) is 23.2 Å². The highest BCUT2D eigenvalue weighted by molar-refractivity contribution is 7.78. The largest absolute Gasteiger partial charge is 0.379 e. The molecular formula is C11H12Cl2N3O2PS. The van der Waals surface area contributed by atoms with Gasteiger partial charge in [0, 0.05) is 18.8 Å². The summed E-state index contributed by atoms with van der Waals surface area (Å²) in [5.74, 6) is 0. The Morgan fingerprint density at radius 2 is 2.05 bits per heavy atom. The highest BCUT2D eigenvalue weighted by Crippen LogP contribution is 2.51. The van der Waals surface area contributed by atoms with Crippen molar-refractivity contribution in [2.45, 2.75) is 0 Å². The molecule has 5 nitrogen and oxygen atoms in total. The van der Waals surface area contributed by atoms with Gasteiger partial charge in [-0.05, 0) is 30.4 Å². The molecule has 1 atom stereocenters. The predicted octanol–water partition coefficient (Wildman–Crippen LogP) is 3.95. The molecule has 1 aromatic carbocycles. The number of nitrogens with zero attached hydrogens (tertiary/aromatic N) is 2. The van der Waals surface area contributed by atoms with Crippen molar-refractivity contribution in [1.29, 1.82) is 0 Å². The van der Waals surface area contributed by atoms with E-state index in [0.29, 0.717) is 42.0 Å². The van der Waals surface area contributed by atoms with Crippen LogP contribution in [0.5, 0.6) is 0 Å². The number of benzene rings is 1. The van der Waals surface area contributed by atoms with Gasteiger partial charge in [0.1, 0.15) is 0 Å². The molecule has 0 amide bonds. The minimum absolute atomic E-state index is 0.372. The van der Waals surface area contributed by atoms with Crippen molar-refractivity contribution in [3.8, 4) is 0 Å². The second kappa shape index (κ2) is 7.01. The van der Waals surface area contributed by atoms with E-state index in [4.69, 9.17) is 27.9 Å². The Labute approximate surface area is 132 Å². The molecule has 0 spiro atoms. The normalized spacial score (nSPS) is 18.9. The van der Waals surface area contributed by atoms with Crippen LogP contribution in [0.15, 0.2) is 23.0 Å². The number of anilines is 1. The van der Waals surface area contributed by atoms with E-state index in [1.807, 2.05) is 0 Å². The van der Waals surface area contributed by atoms with Gasteiger partial charge >= 0.3 is 7.59 Å². The molecule has 1 unspecified atom stereocenters. The summed E-state index contributed by atoms with van der Waals surface area (Å²) in [6.45, 7) is 2.01. The van der Waals surface area contributed by atoms with Crippen molar-refractivity contribution in [1.82, 2.24) is 4.67 Å². The summed E-state index contributed by atoms with van der Waals surface area (Å²) in [7, 11) is -3.24. The number of rotatable bonds is 4. The Morgan fingerprint density at radius 3 is 2.65 bits per heavy atom. The van der Waals surface area contributed by atoms with Gasteiger partial charge in [-0.3, -0.25) is 4.57 Å². The Bertz CT molecular complexity index is 589. The third-order valence-electron chi connectivity index (χ3n) is 2.74. The highest BCUT2D eigenvalue weighted by atomic mass is 35.5. The van der Waals surface area contributed by atoms with Crippen LogP contribution in [0.25, 0.3) is 0 Å². The Kier molecular flexibility index (Phi) is 5.58. The lowest BCUT2D eigenvalue weighted by Gasteiger charge is -2.31. The lowest BCUT2D eigenvalue weighted by molar-refractivity contribution is 0.0723. The second-order valence-corrected chi connectivity index (χ2v) is 7.12. The number of hydrogen-bond donors (Lipinski definition) is 1. The van der Waals surface area contributed by atoms with E-state index in [1.54, 1.807) is 22.9 Å². The fraction of sp³-hybridized carbons (Fsp3) is 0.364. The maximum Gasteiger partial charge on any atom is 0.360 e. The van der Waals surface area contributed by atoms with Crippen LogP contribution in [0.2, 0.25) is 10.0 Å². The van der Waals surface area contributed by atoms with Gasteiger partial charge in [-0.2, -0.15) is 0 Å². The summed E-state index contributed by atoms with van der Waals surface area (Å²) in [5.41, 5.74) is 0.559. The number of ether oxygens (including phenoxy) is 1. The first kappa shape index (κ1) is 15.9. The standard InChI is InChI=1S/C11H12Cl2N3O2PS/c12-10-2-1-9(7-11(10)13)15-19(17,14-8-20)16-3-5-18-6-4-16/h1-2,7H,3-6H2,(H,15,17). The minimum Gasteiger partial charge on any atom is -0.379 e. The molecule has 0 aromatic heterocycles. The maximum absolute atomic E-state index is 12.9. The average Bonchev–Trinajstić information content (AvgIpc) is 2.44. The van der Waals surface area contributed by atoms with E-state index in [1.165, 1.54) is 0 Å². The van der Waals surface area contributed by atoms with Crippen molar-refractivity contribution < 1.29 is 9.30 Å². The van der Waals surface area contributed by atoms with Crippen LogP contribution >= 0.6 is 43.0 Å². The fourth-order valence-electron chi connectivity index (χ4n) is 1.77. The van der Waals surface area contributed by atoms with Gasteiger partial charge in [0.25, 0.3) is 0 Å². The summed E-state index contributed by atoms with van der Waals surface area (Å²) in [4.78, 5) is 0. The third kappa shape index (κ3) is 3.80. The van der Waals surface area contributed by atoms with E-state index in [0.717, 1.165) is 0 Å². The zero-order chi connectivity index (χ0) is 14.6. The number of nitrogens with one attached hydrogen (secondary N) is 1. The van der Waals surface area contributed by atoms with Crippen molar-refractivity contribution in [3.63, 3.8) is 0 Å². The quantitative estimate of drug-likeness (QED) is 0.505. The van der Waals surface area contributed by atoms with E-state index in [2.05, 4.69) is 27.2 Å². The van der Waals surface area contributed by atoms with Gasteiger partial charge in [-0.25, -0.2) is 4.67 Å². The lowest BCUT2D eigenvalue weighted by Crippen LogP contribution is -2.35. The Morgan fingerprint density at radius 1 is 1.35 bits per heavy atom. The molecular weight excluding hydrogens is 340 g/mol. The first-order valence-corrected chi connectivity index (χ1v) is 8.59. The first-order valence-electron chi connectivity index (χ1n) is 5.81. The Hall–Kier alpha value is -0.450. The van der Waals surface area contributed by atoms with Gasteiger partial charge in [0.15, 0.2) is 0 Å². The van der Waals surface area contributed by atoms with E-state index < -0.39 is 7.59 Å². The average molecular weight is 352 g/mol. The monoisotopic (exact) mass is 351 g/mol. The van der Waals surface area contributed by atoms with Crippen LogP contribution in [-0.2, 0) is 9.30 Å². The molecule has 1 aliphatic heterocycles. The molecule has 108 valence electrons. The van der Waals surface area contributed by atoms with E-state index in [-0.39, 0.29) is 0 Å². The summed E-state index contributed by atoms with van der Waals surface area (Å²) in [6.07, 6.45) is 0. The van der Waals surface area contributed by atoms with Crippen LogP contribution in [-0.4, -0.2) is 36.1 Å². The summed E-state index contributed by atoms with van der Waals surface area (Å²) < 4.78 is 23.7. The number of halogens is 2. The van der Waals surface area contributed by atoms with Crippen LogP contribution in [0, 0.1) is 0 Å². The topological polar surface area (TPSA) is 53.9 Å². The number of morpholine rings is 1. The zero-order valence-electron chi connectivity index (χ0n) is 10.4. The van der Waals surface area contributed by atoms with E-state index in [9.17, 15) is 4.57 Å². The van der Waals surface area contributed by atoms with Crippen molar-refractivity contribution in [2.24, 2.45) is 4.76 Å². The summed E-state index contributed by atoms with van der Waals surface area (Å²) >= 11 is 16.4. The molecule has 0 aliphatic carbocycles. The first-order chi connectivity index (χ1) is 9.55. The molecule has 1 saturated heterocycles. The molecule has 1 fully saturated rings. The smallest absolute Gasteiger partial charge is 0.360 e. The van der Waals surface area contributed by atoms with Crippen LogP contribution in [0.4, 0.5) is 5.69 Å². The number of isothiocyanates is 1. The fourth-order valence-corrected chi connectivity index (χ4v) is 4.01. The molecule has 9 heteroatoms. The highest BCUT2D eigenvalue weighted by Gasteiger charge is 2.31. The maximum atomic E-state index is 12.9. The van der Waals surface area contributed by atoms with E-state index >= 15 is 0 Å². The molecule has 0 radical (unpaired) electrons. The lowest BCUT2D eigenvalue weighted by atomic mass is 10.3. The molecule has 1 aliphatic rings. The molecule has 0 saturated carbocycles. The van der Waals surface area contributed by atoms with Gasteiger partial charge in [-0.15, -0.1) is 4.76 Å². The minimum atomic E-state index is -3.24. The SMILES string of the molecule is O=P(N=C=S)(Nc1ccc(Cl)c(Cl)c1)N1CCOCC1. The molecule has 1 N–H and O–H groups in total. The summed E-state index contributed by atoms with van der Waals surface area (Å²) in [5, 5.41) is 5.87. The second-order valence-electron chi connectivity index (χ2n) is 4.04. The summed E-state index contributed by atoms with van der Waals surface area (Å²) in [6, 6.07) is 4.90. The molecule has 2 rings (SSSR count). The van der Waals surface area contributed by atoms with Gasteiger partial charge in [0.2, 0.25) is 0 Å². The van der Waals surface area contributed by atoms with Gasteiger partial charge < -0.3 is 9.82 Å². The molecule has 0 bridgehead atoms.